The molecule has 1 amide bonds. The van der Waals surface area contributed by atoms with Gasteiger partial charge < -0.3 is 24.7 Å². The summed E-state index contributed by atoms with van der Waals surface area (Å²) in [4.78, 5) is 27.1. The van der Waals surface area contributed by atoms with Crippen LogP contribution in [-0.2, 0) is 14.6 Å². The van der Waals surface area contributed by atoms with E-state index in [9.17, 15) is 13.2 Å². The number of aryl methyl sites for hydroxylation is 2. The minimum absolute atomic E-state index is 0.0672. The Bertz CT molecular complexity index is 1280. The van der Waals surface area contributed by atoms with Crippen molar-refractivity contribution in [2.45, 2.75) is 13.8 Å². The fraction of sp³-hybridized carbons (Fsp3) is 0.409. The lowest BCUT2D eigenvalue weighted by Crippen LogP contribution is -2.37. The molecule has 0 aliphatic carbocycles. The molecule has 0 saturated carbocycles. The molecule has 33 heavy (non-hydrogen) atoms. The van der Waals surface area contributed by atoms with Crippen LogP contribution >= 0.6 is 0 Å². The zero-order valence-corrected chi connectivity index (χ0v) is 19.7. The molecular formula is C22H27N5O5S. The molecule has 0 atom stereocenters. The van der Waals surface area contributed by atoms with Gasteiger partial charge in [0.25, 0.3) is 5.91 Å². The zero-order chi connectivity index (χ0) is 23.6. The van der Waals surface area contributed by atoms with E-state index < -0.39 is 15.7 Å². The van der Waals surface area contributed by atoms with E-state index in [-0.39, 0.29) is 23.9 Å². The van der Waals surface area contributed by atoms with Gasteiger partial charge in [-0.1, -0.05) is 0 Å². The van der Waals surface area contributed by atoms with Crippen molar-refractivity contribution in [1.29, 1.82) is 0 Å². The Kier molecular flexibility index (Phi) is 6.52. The fourth-order valence-electron chi connectivity index (χ4n) is 3.54. The van der Waals surface area contributed by atoms with E-state index in [4.69, 9.17) is 9.47 Å². The number of nitrogens with zero attached hydrogens (tertiary/aromatic N) is 3. The first-order valence-corrected chi connectivity index (χ1v) is 12.7. The second-order valence-electron chi connectivity index (χ2n) is 8.06. The highest BCUT2D eigenvalue weighted by atomic mass is 32.2. The Labute approximate surface area is 192 Å². The molecule has 3 heterocycles. The molecule has 2 aromatic heterocycles. The summed E-state index contributed by atoms with van der Waals surface area (Å²) >= 11 is 0. The number of aromatic amines is 1. The largest absolute Gasteiger partial charge is 0.476 e. The monoisotopic (exact) mass is 473 g/mol. The summed E-state index contributed by atoms with van der Waals surface area (Å²) in [5, 5.41) is 3.92. The number of nitrogens with one attached hydrogen (secondary N) is 2. The Morgan fingerprint density at radius 3 is 2.70 bits per heavy atom. The predicted molar refractivity (Wildman–Crippen MR) is 126 cm³/mol. The predicted octanol–water partition coefficient (Wildman–Crippen LogP) is 2.09. The SMILES string of the molecule is Cc1[nH]c2ccc(NC(=O)c3cc(OCCS(C)(=O)=O)nc(N4CCOCC4)n3)cc2c1C. The van der Waals surface area contributed by atoms with Gasteiger partial charge in [-0.15, -0.1) is 0 Å². The van der Waals surface area contributed by atoms with Crippen LogP contribution in [0.2, 0.25) is 0 Å². The lowest BCUT2D eigenvalue weighted by molar-refractivity contribution is 0.102. The van der Waals surface area contributed by atoms with Crippen LogP contribution in [0.3, 0.4) is 0 Å². The Balaban J connectivity index is 1.59. The average Bonchev–Trinajstić information content (AvgIpc) is 3.06. The number of carbonyl (C=O) groups is 1. The van der Waals surface area contributed by atoms with Crippen LogP contribution in [-0.4, -0.2) is 74.2 Å². The van der Waals surface area contributed by atoms with Gasteiger partial charge in [-0.05, 0) is 37.6 Å². The molecule has 1 saturated heterocycles. The molecule has 0 spiro atoms. The maximum atomic E-state index is 13.1. The Morgan fingerprint density at radius 2 is 1.97 bits per heavy atom. The summed E-state index contributed by atoms with van der Waals surface area (Å²) in [6.07, 6.45) is 1.14. The maximum Gasteiger partial charge on any atom is 0.274 e. The molecule has 4 rings (SSSR count). The van der Waals surface area contributed by atoms with Gasteiger partial charge in [-0.2, -0.15) is 4.98 Å². The smallest absolute Gasteiger partial charge is 0.274 e. The van der Waals surface area contributed by atoms with Crippen LogP contribution in [0.15, 0.2) is 24.3 Å². The van der Waals surface area contributed by atoms with Crippen LogP contribution < -0.4 is 15.0 Å². The van der Waals surface area contributed by atoms with Gasteiger partial charge in [-0.25, -0.2) is 13.4 Å². The molecule has 10 nitrogen and oxygen atoms in total. The molecule has 0 unspecified atom stereocenters. The number of rotatable bonds is 7. The van der Waals surface area contributed by atoms with Crippen LogP contribution in [0.25, 0.3) is 10.9 Å². The first kappa shape index (κ1) is 23.0. The first-order chi connectivity index (χ1) is 15.7. The van der Waals surface area contributed by atoms with Crippen molar-refractivity contribution in [3.63, 3.8) is 0 Å². The fourth-order valence-corrected chi connectivity index (χ4v) is 3.93. The van der Waals surface area contributed by atoms with E-state index in [0.29, 0.717) is 37.9 Å². The van der Waals surface area contributed by atoms with E-state index in [1.54, 1.807) is 0 Å². The van der Waals surface area contributed by atoms with Gasteiger partial charge in [0.15, 0.2) is 9.84 Å². The van der Waals surface area contributed by atoms with Crippen molar-refractivity contribution in [1.82, 2.24) is 15.0 Å². The third-order valence-corrected chi connectivity index (χ3v) is 6.40. The highest BCUT2D eigenvalue weighted by molar-refractivity contribution is 7.90. The number of aromatic nitrogens is 3. The molecular weight excluding hydrogens is 446 g/mol. The maximum absolute atomic E-state index is 13.1. The number of H-pyrrole nitrogens is 1. The quantitative estimate of drug-likeness (QED) is 0.534. The minimum Gasteiger partial charge on any atom is -0.476 e. The zero-order valence-electron chi connectivity index (χ0n) is 18.8. The number of ether oxygens (including phenoxy) is 2. The van der Waals surface area contributed by atoms with Gasteiger partial charge in [0.1, 0.15) is 12.3 Å². The number of sulfone groups is 1. The third kappa shape index (κ3) is 5.60. The average molecular weight is 474 g/mol. The second-order valence-corrected chi connectivity index (χ2v) is 10.3. The molecule has 1 aromatic carbocycles. The number of carbonyl (C=O) groups excluding carboxylic acids is 1. The highest BCUT2D eigenvalue weighted by Crippen LogP contribution is 2.25. The van der Waals surface area contributed by atoms with Crippen LogP contribution in [0.5, 0.6) is 5.88 Å². The van der Waals surface area contributed by atoms with Crippen molar-refractivity contribution in [3.8, 4) is 5.88 Å². The molecule has 1 aliphatic heterocycles. The Morgan fingerprint density at radius 1 is 1.21 bits per heavy atom. The summed E-state index contributed by atoms with van der Waals surface area (Å²) < 4.78 is 33.8. The normalized spacial score (nSPS) is 14.5. The molecule has 176 valence electrons. The number of anilines is 2. The van der Waals surface area contributed by atoms with E-state index in [2.05, 4.69) is 20.3 Å². The van der Waals surface area contributed by atoms with E-state index in [1.165, 1.54) is 6.07 Å². The van der Waals surface area contributed by atoms with Gasteiger partial charge in [-0.3, -0.25) is 4.79 Å². The molecule has 1 aliphatic rings. The summed E-state index contributed by atoms with van der Waals surface area (Å²) in [7, 11) is -3.19. The number of amides is 1. The topological polar surface area (TPSA) is 127 Å². The minimum atomic E-state index is -3.19. The van der Waals surface area contributed by atoms with Gasteiger partial charge in [0.05, 0.1) is 19.0 Å². The summed E-state index contributed by atoms with van der Waals surface area (Å²) in [6.45, 7) is 6.18. The van der Waals surface area contributed by atoms with Crippen molar-refractivity contribution >= 4 is 38.3 Å². The van der Waals surface area contributed by atoms with Crippen molar-refractivity contribution in [2.24, 2.45) is 0 Å². The summed E-state index contributed by atoms with van der Waals surface area (Å²) in [5.41, 5.74) is 3.97. The molecule has 0 bridgehead atoms. The molecule has 0 radical (unpaired) electrons. The number of hydrogen-bond acceptors (Lipinski definition) is 8. The van der Waals surface area contributed by atoms with Crippen LogP contribution in [0, 0.1) is 13.8 Å². The first-order valence-electron chi connectivity index (χ1n) is 10.6. The summed E-state index contributed by atoms with van der Waals surface area (Å²) in [6, 6.07) is 7.08. The van der Waals surface area contributed by atoms with Crippen LogP contribution in [0.1, 0.15) is 21.7 Å². The number of fused-ring (bicyclic) bond motifs is 1. The number of benzene rings is 1. The number of morpholine rings is 1. The summed E-state index contributed by atoms with van der Waals surface area (Å²) in [5.74, 6) is -0.0780. The Hall–Kier alpha value is -3.18. The van der Waals surface area contributed by atoms with Crippen molar-refractivity contribution in [2.75, 3.05) is 55.1 Å². The number of hydrogen-bond donors (Lipinski definition) is 2. The lowest BCUT2D eigenvalue weighted by atomic mass is 10.1. The molecule has 11 heteroatoms. The van der Waals surface area contributed by atoms with E-state index in [1.807, 2.05) is 36.9 Å². The third-order valence-electron chi connectivity index (χ3n) is 5.49. The molecule has 2 N–H and O–H groups in total. The standard InChI is InChI=1S/C22H27N5O5S/c1-14-15(2)23-18-5-4-16(12-17(14)18)24-21(28)19-13-20(32-10-11-33(3,29)30)26-22(25-19)27-6-8-31-9-7-27/h4-5,12-13,23H,6-11H2,1-3H3,(H,24,28). The second kappa shape index (κ2) is 9.36. The van der Waals surface area contributed by atoms with E-state index >= 15 is 0 Å². The van der Waals surface area contributed by atoms with Crippen LogP contribution in [0.4, 0.5) is 11.6 Å². The van der Waals surface area contributed by atoms with Gasteiger partial charge in [0, 0.05) is 47.7 Å². The van der Waals surface area contributed by atoms with Crippen molar-refractivity contribution in [3.05, 3.63) is 41.2 Å². The lowest BCUT2D eigenvalue weighted by Gasteiger charge is -2.27. The molecule has 1 fully saturated rings. The highest BCUT2D eigenvalue weighted by Gasteiger charge is 2.19. The van der Waals surface area contributed by atoms with Gasteiger partial charge in [0.2, 0.25) is 11.8 Å². The van der Waals surface area contributed by atoms with Gasteiger partial charge >= 0.3 is 0 Å². The van der Waals surface area contributed by atoms with Crippen molar-refractivity contribution < 1.29 is 22.7 Å². The van der Waals surface area contributed by atoms with E-state index in [0.717, 1.165) is 28.4 Å². The molecule has 3 aromatic rings.